The molecule has 0 bridgehead atoms. The van der Waals surface area contributed by atoms with Crippen molar-refractivity contribution >= 4 is 46.6 Å². The summed E-state index contributed by atoms with van der Waals surface area (Å²) in [5.41, 5.74) is 1.87. The second-order valence-corrected chi connectivity index (χ2v) is 3.67. The summed E-state index contributed by atoms with van der Waals surface area (Å²) in [4.78, 5) is 18.8. The van der Waals surface area contributed by atoms with Crippen LogP contribution >= 0.6 is 0 Å². The molecule has 6 heteroatoms. The van der Waals surface area contributed by atoms with Crippen molar-refractivity contribution in [3.63, 3.8) is 0 Å². The van der Waals surface area contributed by atoms with E-state index in [1.54, 1.807) is 12.4 Å². The van der Waals surface area contributed by atoms with E-state index in [1.165, 1.54) is 0 Å². The molecule has 2 heterocycles. The SMILES string of the molecule is Cc1nc2cnccc2n1CCCC(=O)O.[NaH]. The summed E-state index contributed by atoms with van der Waals surface area (Å²) in [6.07, 6.45) is 4.24. The van der Waals surface area contributed by atoms with Gasteiger partial charge in [-0.05, 0) is 19.4 Å². The molecule has 86 valence electrons. The van der Waals surface area contributed by atoms with Crippen LogP contribution in [0.1, 0.15) is 18.7 Å². The van der Waals surface area contributed by atoms with Gasteiger partial charge in [0.1, 0.15) is 11.3 Å². The van der Waals surface area contributed by atoms with Gasteiger partial charge in [0.2, 0.25) is 0 Å². The molecule has 0 aliphatic rings. The van der Waals surface area contributed by atoms with Crippen LogP contribution in [0.5, 0.6) is 0 Å². The van der Waals surface area contributed by atoms with E-state index >= 15 is 0 Å². The number of aryl methyl sites for hydroxylation is 2. The molecule has 0 aromatic carbocycles. The number of rotatable bonds is 4. The fourth-order valence-electron chi connectivity index (χ4n) is 1.77. The second kappa shape index (κ2) is 6.14. The Labute approximate surface area is 121 Å². The first-order chi connectivity index (χ1) is 7.68. The Balaban J connectivity index is 0.00000144. The van der Waals surface area contributed by atoms with Crippen LogP contribution in [0.2, 0.25) is 0 Å². The normalized spacial score (nSPS) is 10.2. The van der Waals surface area contributed by atoms with Gasteiger partial charge in [-0.25, -0.2) is 4.98 Å². The Morgan fingerprint density at radius 3 is 3.00 bits per heavy atom. The summed E-state index contributed by atoms with van der Waals surface area (Å²) in [6, 6.07) is 1.90. The van der Waals surface area contributed by atoms with Crippen molar-refractivity contribution in [2.45, 2.75) is 26.3 Å². The number of carboxylic acid groups (broad SMARTS) is 1. The molecule has 0 saturated heterocycles. The van der Waals surface area contributed by atoms with Crippen LogP contribution in [-0.2, 0) is 11.3 Å². The van der Waals surface area contributed by atoms with E-state index in [9.17, 15) is 4.79 Å². The molecule has 0 radical (unpaired) electrons. The average molecular weight is 243 g/mol. The third-order valence-electron chi connectivity index (χ3n) is 2.51. The molecule has 0 amide bonds. The van der Waals surface area contributed by atoms with E-state index in [-0.39, 0.29) is 36.0 Å². The number of imidazole rings is 1. The molecule has 2 aromatic heterocycles. The minimum atomic E-state index is -0.760. The Morgan fingerprint density at radius 1 is 1.53 bits per heavy atom. The number of hydrogen-bond acceptors (Lipinski definition) is 3. The van der Waals surface area contributed by atoms with Crippen molar-refractivity contribution in [1.82, 2.24) is 14.5 Å². The third kappa shape index (κ3) is 3.28. The summed E-state index contributed by atoms with van der Waals surface area (Å²) in [5.74, 6) is 0.136. The third-order valence-corrected chi connectivity index (χ3v) is 2.51. The van der Waals surface area contributed by atoms with Gasteiger partial charge in [-0.3, -0.25) is 9.78 Å². The quantitative estimate of drug-likeness (QED) is 0.812. The molecular formula is C11H14N3NaO2. The molecule has 1 N–H and O–H groups in total. The van der Waals surface area contributed by atoms with Gasteiger partial charge in [0.15, 0.2) is 0 Å². The van der Waals surface area contributed by atoms with E-state index in [0.717, 1.165) is 16.9 Å². The zero-order chi connectivity index (χ0) is 11.5. The van der Waals surface area contributed by atoms with Gasteiger partial charge >= 0.3 is 35.5 Å². The Morgan fingerprint density at radius 2 is 2.29 bits per heavy atom. The molecule has 0 unspecified atom stereocenters. The first-order valence-corrected chi connectivity index (χ1v) is 5.17. The molecule has 2 rings (SSSR count). The van der Waals surface area contributed by atoms with Gasteiger partial charge in [-0.2, -0.15) is 0 Å². The van der Waals surface area contributed by atoms with Gasteiger partial charge < -0.3 is 9.67 Å². The van der Waals surface area contributed by atoms with Crippen molar-refractivity contribution in [2.24, 2.45) is 0 Å². The van der Waals surface area contributed by atoms with Crippen molar-refractivity contribution in [3.8, 4) is 0 Å². The van der Waals surface area contributed by atoms with Crippen molar-refractivity contribution < 1.29 is 9.90 Å². The van der Waals surface area contributed by atoms with E-state index < -0.39 is 5.97 Å². The summed E-state index contributed by atoms with van der Waals surface area (Å²) < 4.78 is 2.03. The zero-order valence-corrected chi connectivity index (χ0v) is 9.05. The van der Waals surface area contributed by atoms with Crippen LogP contribution in [0.4, 0.5) is 0 Å². The first kappa shape index (κ1) is 14.2. The fourth-order valence-corrected chi connectivity index (χ4v) is 1.77. The molecule has 0 spiro atoms. The maximum absolute atomic E-state index is 10.4. The number of aliphatic carboxylic acids is 1. The van der Waals surface area contributed by atoms with Gasteiger partial charge in [0.05, 0.1) is 11.7 Å². The average Bonchev–Trinajstić information content (AvgIpc) is 2.55. The van der Waals surface area contributed by atoms with Crippen molar-refractivity contribution in [1.29, 1.82) is 0 Å². The van der Waals surface area contributed by atoms with E-state index in [0.29, 0.717) is 13.0 Å². The van der Waals surface area contributed by atoms with Crippen molar-refractivity contribution in [2.75, 3.05) is 0 Å². The predicted molar refractivity (Wildman–Crippen MR) is 66.3 cm³/mol. The number of pyridine rings is 1. The molecule has 17 heavy (non-hydrogen) atoms. The topological polar surface area (TPSA) is 68.0 Å². The summed E-state index contributed by atoms with van der Waals surface area (Å²) >= 11 is 0. The maximum atomic E-state index is 10.4. The van der Waals surface area contributed by atoms with Crippen molar-refractivity contribution in [3.05, 3.63) is 24.3 Å². The standard InChI is InChI=1S/C11H13N3O2.Na.H/c1-8-13-9-7-12-5-4-10(9)14(8)6-2-3-11(15)16;;/h4-5,7H,2-3,6H2,1H3,(H,15,16);;. The molecule has 0 aliphatic heterocycles. The number of hydrogen-bond donors (Lipinski definition) is 1. The molecule has 0 saturated carbocycles. The Bertz CT molecular complexity index is 524. The Kier molecular flexibility index (Phi) is 5.11. The van der Waals surface area contributed by atoms with Crippen LogP contribution in [0, 0.1) is 6.92 Å². The van der Waals surface area contributed by atoms with E-state index in [2.05, 4.69) is 9.97 Å². The van der Waals surface area contributed by atoms with Crippen LogP contribution in [0.15, 0.2) is 18.5 Å². The summed E-state index contributed by atoms with van der Waals surface area (Å²) in [7, 11) is 0. The predicted octanol–water partition coefficient (Wildman–Crippen LogP) is 0.956. The second-order valence-electron chi connectivity index (χ2n) is 3.67. The molecule has 5 nitrogen and oxygen atoms in total. The number of carbonyl (C=O) groups is 1. The molecule has 0 fully saturated rings. The number of fused-ring (bicyclic) bond motifs is 1. The molecule has 2 aromatic rings. The Hall–Kier alpha value is -0.910. The van der Waals surface area contributed by atoms with Gasteiger partial charge in [-0.15, -0.1) is 0 Å². The summed E-state index contributed by atoms with van der Waals surface area (Å²) in [6.45, 7) is 2.60. The molecule has 0 atom stereocenters. The zero-order valence-electron chi connectivity index (χ0n) is 9.05. The first-order valence-electron chi connectivity index (χ1n) is 5.17. The van der Waals surface area contributed by atoms with Crippen LogP contribution in [0.25, 0.3) is 11.0 Å². The minimum absolute atomic E-state index is 0. The monoisotopic (exact) mass is 243 g/mol. The van der Waals surface area contributed by atoms with Crippen LogP contribution in [0.3, 0.4) is 0 Å². The number of aromatic nitrogens is 3. The number of nitrogens with zero attached hydrogens (tertiary/aromatic N) is 3. The molecule has 0 aliphatic carbocycles. The fraction of sp³-hybridized carbons (Fsp3) is 0.364. The summed E-state index contributed by atoms with van der Waals surface area (Å²) in [5, 5.41) is 8.59. The number of carboxylic acids is 1. The van der Waals surface area contributed by atoms with Gasteiger partial charge in [0, 0.05) is 19.2 Å². The van der Waals surface area contributed by atoms with Gasteiger partial charge in [-0.1, -0.05) is 0 Å². The van der Waals surface area contributed by atoms with E-state index in [1.807, 2.05) is 17.6 Å². The van der Waals surface area contributed by atoms with E-state index in [4.69, 9.17) is 5.11 Å². The van der Waals surface area contributed by atoms with Gasteiger partial charge in [0.25, 0.3) is 0 Å². The van der Waals surface area contributed by atoms with Crippen LogP contribution in [-0.4, -0.2) is 55.2 Å². The van der Waals surface area contributed by atoms with Crippen LogP contribution < -0.4 is 0 Å². The molecular weight excluding hydrogens is 229 g/mol.